The Labute approximate surface area is 275 Å². The van der Waals surface area contributed by atoms with Crippen LogP contribution in [0.2, 0.25) is 5.02 Å². The number of aromatic nitrogens is 3. The Hall–Kier alpha value is -5.21. The Morgan fingerprint density at radius 1 is 1.17 bits per heavy atom. The summed E-state index contributed by atoms with van der Waals surface area (Å²) in [6.45, 7) is -2.19. The molecular weight excluding hydrogens is 658 g/mol. The first kappa shape index (κ1) is 32.7. The molecule has 3 heterocycles. The number of carbonyl (C=O) groups excluding carboxylic acids is 2. The molecule has 0 radical (unpaired) electrons. The highest BCUT2D eigenvalue weighted by Gasteiger charge is 2.46. The molecule has 0 saturated carbocycles. The number of pyridine rings is 1. The molecule has 1 aliphatic rings. The highest BCUT2D eigenvalue weighted by molar-refractivity contribution is 6.31. The third-order valence-corrected chi connectivity index (χ3v) is 8.62. The SMILES string of the molecule is COc1cc(C(=O)NC[C@@](O)(c2ccccc2)c2cc3c(c(-c4cc(Cl)c(F)cc4F)n2)OC[C@]3(C)C(N)=O)cc2cn(C(F)F)nc12. The van der Waals surface area contributed by atoms with Gasteiger partial charge in [-0.05, 0) is 36.8 Å². The summed E-state index contributed by atoms with van der Waals surface area (Å²) in [5.74, 6) is -3.53. The number of hydrogen-bond acceptors (Lipinski definition) is 7. The fraction of sp³-hybridized carbons (Fsp3) is 0.212. The number of fused-ring (bicyclic) bond motifs is 2. The first-order chi connectivity index (χ1) is 22.8. The zero-order chi connectivity index (χ0) is 34.5. The molecule has 5 aromatic rings. The molecule has 0 bridgehead atoms. The van der Waals surface area contributed by atoms with Gasteiger partial charge in [-0.3, -0.25) is 9.59 Å². The standard InChI is InChI=1S/C33H26ClF4N5O5/c1-32(30(39)45)15-48-28-20(32)11-25(41-27(28)19-10-21(34)23(36)12-22(19)35)33(46,18-6-4-3-5-7-18)14-40-29(44)16-8-17-13-43(31(37)38)42-26(17)24(9-16)47-2/h3-13,31,46H,14-15H2,1-2H3,(H2,39,45)(H,40,44)/t32-,33+/m0/s1. The fourth-order valence-corrected chi connectivity index (χ4v) is 5.72. The van der Waals surface area contributed by atoms with E-state index >= 15 is 4.39 Å². The summed E-state index contributed by atoms with van der Waals surface area (Å²) < 4.78 is 67.6. The van der Waals surface area contributed by atoms with Crippen molar-refractivity contribution in [2.45, 2.75) is 24.5 Å². The van der Waals surface area contributed by atoms with Crippen LogP contribution in [-0.2, 0) is 15.8 Å². The van der Waals surface area contributed by atoms with Gasteiger partial charge in [-0.2, -0.15) is 13.9 Å². The van der Waals surface area contributed by atoms with E-state index < -0.39 is 52.6 Å². The Morgan fingerprint density at radius 3 is 2.56 bits per heavy atom. The molecule has 0 unspecified atom stereocenters. The molecule has 2 atom stereocenters. The van der Waals surface area contributed by atoms with Gasteiger partial charge in [-0.1, -0.05) is 41.9 Å². The first-order valence-electron chi connectivity index (χ1n) is 14.3. The van der Waals surface area contributed by atoms with Crippen LogP contribution in [0, 0.1) is 11.6 Å². The molecule has 15 heteroatoms. The van der Waals surface area contributed by atoms with E-state index in [2.05, 4.69) is 15.4 Å². The number of ether oxygens (including phenoxy) is 2. The lowest BCUT2D eigenvalue weighted by Gasteiger charge is -2.30. The summed E-state index contributed by atoms with van der Waals surface area (Å²) >= 11 is 6.00. The Balaban J connectivity index is 1.48. The van der Waals surface area contributed by atoms with Gasteiger partial charge in [0.15, 0.2) is 0 Å². The lowest BCUT2D eigenvalue weighted by atomic mass is 9.80. The second kappa shape index (κ2) is 12.1. The van der Waals surface area contributed by atoms with Crippen molar-refractivity contribution in [1.29, 1.82) is 0 Å². The normalized spacial score (nSPS) is 16.8. The van der Waals surface area contributed by atoms with E-state index in [1.165, 1.54) is 32.2 Å². The van der Waals surface area contributed by atoms with Crippen molar-refractivity contribution >= 4 is 34.3 Å². The average molecular weight is 684 g/mol. The van der Waals surface area contributed by atoms with Gasteiger partial charge in [0, 0.05) is 34.3 Å². The number of nitrogens with zero attached hydrogens (tertiary/aromatic N) is 3. The molecule has 4 N–H and O–H groups in total. The largest absolute Gasteiger partial charge is 0.494 e. The van der Waals surface area contributed by atoms with Gasteiger partial charge in [0.2, 0.25) is 5.91 Å². The molecule has 248 valence electrons. The van der Waals surface area contributed by atoms with Crippen molar-refractivity contribution < 1.29 is 41.7 Å². The Morgan fingerprint density at radius 2 is 1.90 bits per heavy atom. The van der Waals surface area contributed by atoms with Crippen molar-refractivity contribution in [2.24, 2.45) is 5.73 Å². The van der Waals surface area contributed by atoms with Gasteiger partial charge < -0.3 is 25.6 Å². The van der Waals surface area contributed by atoms with Gasteiger partial charge in [-0.15, -0.1) is 0 Å². The van der Waals surface area contributed by atoms with Crippen LogP contribution in [0.3, 0.4) is 0 Å². The summed E-state index contributed by atoms with van der Waals surface area (Å²) in [5, 5.41) is 18.7. The zero-order valence-corrected chi connectivity index (χ0v) is 26.0. The summed E-state index contributed by atoms with van der Waals surface area (Å²) in [5.41, 5.74) is 2.08. The van der Waals surface area contributed by atoms with Gasteiger partial charge in [-0.25, -0.2) is 18.4 Å². The van der Waals surface area contributed by atoms with Crippen LogP contribution in [0.5, 0.6) is 11.5 Å². The minimum atomic E-state index is -2.92. The van der Waals surface area contributed by atoms with Crippen molar-refractivity contribution in [3.05, 3.63) is 106 Å². The lowest BCUT2D eigenvalue weighted by Crippen LogP contribution is -2.43. The van der Waals surface area contributed by atoms with Crippen molar-refractivity contribution in [3.8, 4) is 22.8 Å². The topological polar surface area (TPSA) is 142 Å². The maximum atomic E-state index is 15.3. The maximum Gasteiger partial charge on any atom is 0.333 e. The van der Waals surface area contributed by atoms with Gasteiger partial charge in [0.25, 0.3) is 5.91 Å². The number of rotatable bonds is 9. The molecule has 0 fully saturated rings. The predicted octanol–water partition coefficient (Wildman–Crippen LogP) is 5.23. The maximum absolute atomic E-state index is 15.3. The molecule has 6 rings (SSSR count). The summed E-state index contributed by atoms with van der Waals surface area (Å²) in [7, 11) is 1.30. The van der Waals surface area contributed by atoms with E-state index in [-0.39, 0.29) is 62.7 Å². The summed E-state index contributed by atoms with van der Waals surface area (Å²) in [6, 6.07) is 13.7. The monoisotopic (exact) mass is 683 g/mol. The molecule has 48 heavy (non-hydrogen) atoms. The fourth-order valence-electron chi connectivity index (χ4n) is 5.56. The van der Waals surface area contributed by atoms with Crippen molar-refractivity contribution in [1.82, 2.24) is 20.1 Å². The molecule has 0 saturated heterocycles. The average Bonchev–Trinajstić information content (AvgIpc) is 3.67. The number of alkyl halides is 2. The van der Waals surface area contributed by atoms with Crippen LogP contribution in [0.25, 0.3) is 22.2 Å². The number of methoxy groups -OCH3 is 1. The Bertz CT molecular complexity index is 2100. The third-order valence-electron chi connectivity index (χ3n) is 8.33. The van der Waals surface area contributed by atoms with Crippen molar-refractivity contribution in [3.63, 3.8) is 0 Å². The Kier molecular flexibility index (Phi) is 8.25. The van der Waals surface area contributed by atoms with E-state index in [4.69, 9.17) is 26.8 Å². The number of halogens is 5. The minimum absolute atomic E-state index is 0.00362. The van der Waals surface area contributed by atoms with Crippen molar-refractivity contribution in [2.75, 3.05) is 20.3 Å². The van der Waals surface area contributed by atoms with Crippen LogP contribution in [0.15, 0.2) is 66.9 Å². The second-order valence-corrected chi connectivity index (χ2v) is 11.8. The number of aliphatic hydroxyl groups is 1. The number of primary amides is 1. The third kappa shape index (κ3) is 5.46. The van der Waals surface area contributed by atoms with E-state index in [1.807, 2.05) is 0 Å². The number of nitrogens with two attached hydrogens (primary N) is 1. The number of nitrogens with one attached hydrogen (secondary N) is 1. The number of carbonyl (C=O) groups is 2. The molecular formula is C33H26ClF4N5O5. The minimum Gasteiger partial charge on any atom is -0.494 e. The highest BCUT2D eigenvalue weighted by atomic mass is 35.5. The molecule has 10 nitrogen and oxygen atoms in total. The molecule has 2 aromatic heterocycles. The highest BCUT2D eigenvalue weighted by Crippen LogP contribution is 2.47. The van der Waals surface area contributed by atoms with E-state index in [9.17, 15) is 27.9 Å². The number of amides is 2. The van der Waals surface area contributed by atoms with Crippen LogP contribution < -0.4 is 20.5 Å². The zero-order valence-electron chi connectivity index (χ0n) is 25.2. The summed E-state index contributed by atoms with van der Waals surface area (Å²) in [6.07, 6.45) is 1.06. The number of benzene rings is 3. The smallest absolute Gasteiger partial charge is 0.333 e. The molecule has 0 spiro atoms. The van der Waals surface area contributed by atoms with E-state index in [0.717, 1.165) is 12.3 Å². The van der Waals surface area contributed by atoms with Crippen LogP contribution >= 0.6 is 11.6 Å². The van der Waals surface area contributed by atoms with Crippen LogP contribution in [0.4, 0.5) is 17.6 Å². The molecule has 2 amide bonds. The molecule has 0 aliphatic carbocycles. The summed E-state index contributed by atoms with van der Waals surface area (Å²) in [4.78, 5) is 30.8. The first-order valence-corrected chi connectivity index (χ1v) is 14.7. The van der Waals surface area contributed by atoms with Crippen LogP contribution in [0.1, 0.15) is 40.7 Å². The van der Waals surface area contributed by atoms with E-state index in [0.29, 0.717) is 10.7 Å². The van der Waals surface area contributed by atoms with Gasteiger partial charge in [0.05, 0.1) is 24.4 Å². The molecule has 1 aliphatic heterocycles. The quantitative estimate of drug-likeness (QED) is 0.143. The van der Waals surface area contributed by atoms with Gasteiger partial charge >= 0.3 is 6.55 Å². The number of hydrogen-bond donors (Lipinski definition) is 3. The predicted molar refractivity (Wildman–Crippen MR) is 166 cm³/mol. The second-order valence-electron chi connectivity index (χ2n) is 11.4. The van der Waals surface area contributed by atoms with Gasteiger partial charge in [0.1, 0.15) is 52.0 Å². The molecule has 3 aromatic carbocycles. The van der Waals surface area contributed by atoms with E-state index in [1.54, 1.807) is 30.3 Å². The van der Waals surface area contributed by atoms with Crippen LogP contribution in [-0.4, -0.2) is 51.9 Å². The lowest BCUT2D eigenvalue weighted by molar-refractivity contribution is -0.123.